The third-order valence-corrected chi connectivity index (χ3v) is 8.77. The molecule has 0 heterocycles. The van der Waals surface area contributed by atoms with Crippen LogP contribution in [0.5, 0.6) is 0 Å². The quantitative estimate of drug-likeness (QED) is 0.358. The Bertz CT molecular complexity index is 1260. The summed E-state index contributed by atoms with van der Waals surface area (Å²) in [5.41, 5.74) is 10.7. The van der Waals surface area contributed by atoms with Crippen molar-refractivity contribution in [1.29, 1.82) is 0 Å². The number of benzene rings is 2. The van der Waals surface area contributed by atoms with E-state index < -0.39 is 0 Å². The number of anilines is 3. The second-order valence-corrected chi connectivity index (χ2v) is 13.1. The van der Waals surface area contributed by atoms with Gasteiger partial charge in [-0.3, -0.25) is 0 Å². The molecule has 0 N–H and O–H groups in total. The van der Waals surface area contributed by atoms with Gasteiger partial charge >= 0.3 is 0 Å². The SMILES string of the molecule is Cc1cc(Cl)cc(N(c2c#ccc3c2C(C)(C)CCC3(C)C)c2cccc3c2CCCC3(C)C)c1. The highest BCUT2D eigenvalue weighted by atomic mass is 35.5. The maximum absolute atomic E-state index is 6.66. The molecule has 0 amide bonds. The number of hydrogen-bond donors (Lipinski definition) is 0. The van der Waals surface area contributed by atoms with Crippen molar-refractivity contribution in [3.8, 4) is 0 Å². The van der Waals surface area contributed by atoms with E-state index in [1.807, 2.05) is 6.07 Å². The van der Waals surface area contributed by atoms with Crippen LogP contribution in [-0.2, 0) is 22.7 Å². The van der Waals surface area contributed by atoms with Crippen molar-refractivity contribution in [2.75, 3.05) is 4.90 Å². The van der Waals surface area contributed by atoms with Crippen molar-refractivity contribution < 1.29 is 0 Å². The summed E-state index contributed by atoms with van der Waals surface area (Å²) in [5.74, 6) is 0. The monoisotopic (exact) mass is 483 g/mol. The highest BCUT2D eigenvalue weighted by Gasteiger charge is 2.40. The number of aryl methyl sites for hydroxylation is 1. The number of nitrogens with zero attached hydrogens (tertiary/aromatic N) is 1. The second-order valence-electron chi connectivity index (χ2n) is 12.7. The van der Waals surface area contributed by atoms with Gasteiger partial charge < -0.3 is 4.90 Å². The molecule has 2 aliphatic carbocycles. The van der Waals surface area contributed by atoms with E-state index >= 15 is 0 Å². The summed E-state index contributed by atoms with van der Waals surface area (Å²) in [6, 6.07) is 22.5. The minimum absolute atomic E-state index is 0.0474. The van der Waals surface area contributed by atoms with Gasteiger partial charge in [-0.05, 0) is 119 Å². The molecule has 0 radical (unpaired) electrons. The maximum atomic E-state index is 6.66. The van der Waals surface area contributed by atoms with Gasteiger partial charge in [0.05, 0.1) is 5.69 Å². The lowest BCUT2D eigenvalue weighted by Crippen LogP contribution is -2.35. The van der Waals surface area contributed by atoms with Gasteiger partial charge in [0, 0.05) is 10.7 Å². The number of hydrogen-bond acceptors (Lipinski definition) is 1. The molecule has 5 rings (SSSR count). The molecule has 0 saturated carbocycles. The zero-order valence-corrected chi connectivity index (χ0v) is 23.2. The van der Waals surface area contributed by atoms with Gasteiger partial charge in [-0.15, -0.1) is 0 Å². The first-order valence-corrected chi connectivity index (χ1v) is 13.5. The van der Waals surface area contributed by atoms with Crippen LogP contribution in [0, 0.1) is 19.1 Å². The molecule has 0 spiro atoms. The van der Waals surface area contributed by atoms with Gasteiger partial charge in [0.2, 0.25) is 0 Å². The van der Waals surface area contributed by atoms with Crippen molar-refractivity contribution >= 4 is 28.7 Å². The molecule has 1 nitrogen and oxygen atoms in total. The van der Waals surface area contributed by atoms with Crippen molar-refractivity contribution in [1.82, 2.24) is 0 Å². The summed E-state index contributed by atoms with van der Waals surface area (Å²) in [4.78, 5) is 2.44. The van der Waals surface area contributed by atoms with Crippen LogP contribution in [-0.4, -0.2) is 0 Å². The van der Waals surface area contributed by atoms with Gasteiger partial charge in [0.25, 0.3) is 0 Å². The number of fused-ring (bicyclic) bond motifs is 2. The summed E-state index contributed by atoms with van der Waals surface area (Å²) >= 11 is 6.66. The molecule has 0 fully saturated rings. The average molecular weight is 484 g/mol. The van der Waals surface area contributed by atoms with E-state index in [1.165, 1.54) is 47.2 Å². The largest absolute Gasteiger partial charge is 0.303 e. The van der Waals surface area contributed by atoms with E-state index in [9.17, 15) is 0 Å². The Morgan fingerprint density at radius 3 is 2.31 bits per heavy atom. The lowest BCUT2D eigenvalue weighted by molar-refractivity contribution is 0.332. The first kappa shape index (κ1) is 24.3. The summed E-state index contributed by atoms with van der Waals surface area (Å²) in [6.07, 6.45) is 5.86. The summed E-state index contributed by atoms with van der Waals surface area (Å²) in [5, 5.41) is 0.767. The molecular weight excluding hydrogens is 446 g/mol. The molecule has 0 aromatic heterocycles. The molecular formula is C33H38ClN. The average Bonchev–Trinajstić information content (AvgIpc) is 2.77. The fourth-order valence-electron chi connectivity index (χ4n) is 6.47. The Morgan fingerprint density at radius 1 is 0.857 bits per heavy atom. The van der Waals surface area contributed by atoms with Gasteiger partial charge in [-0.25, -0.2) is 0 Å². The van der Waals surface area contributed by atoms with Crippen LogP contribution in [0.2, 0.25) is 5.02 Å². The maximum Gasteiger partial charge on any atom is 0.101 e. The van der Waals surface area contributed by atoms with Gasteiger partial charge in [-0.2, -0.15) is 0 Å². The first-order chi connectivity index (χ1) is 16.4. The summed E-state index contributed by atoms with van der Waals surface area (Å²) in [6.45, 7) is 16.4. The Morgan fingerprint density at radius 2 is 1.57 bits per heavy atom. The van der Waals surface area contributed by atoms with Crippen LogP contribution in [0.1, 0.15) is 95.0 Å². The predicted octanol–water partition coefficient (Wildman–Crippen LogP) is 9.68. The Kier molecular flexibility index (Phi) is 5.77. The third-order valence-electron chi connectivity index (χ3n) is 8.55. The van der Waals surface area contributed by atoms with Gasteiger partial charge in [0.15, 0.2) is 0 Å². The molecule has 2 aliphatic rings. The van der Waals surface area contributed by atoms with Crippen molar-refractivity contribution in [3.63, 3.8) is 0 Å². The van der Waals surface area contributed by atoms with Crippen molar-refractivity contribution in [3.05, 3.63) is 87.4 Å². The minimum Gasteiger partial charge on any atom is -0.303 e. The Balaban J connectivity index is 1.85. The van der Waals surface area contributed by atoms with Crippen LogP contribution >= 0.6 is 11.6 Å². The topological polar surface area (TPSA) is 3.24 Å². The van der Waals surface area contributed by atoms with Crippen molar-refractivity contribution in [2.45, 2.75) is 96.8 Å². The molecule has 0 atom stereocenters. The van der Waals surface area contributed by atoms with E-state index in [-0.39, 0.29) is 16.2 Å². The van der Waals surface area contributed by atoms with Gasteiger partial charge in [0.1, 0.15) is 5.69 Å². The number of halogens is 1. The highest BCUT2D eigenvalue weighted by molar-refractivity contribution is 6.31. The molecule has 0 aliphatic heterocycles. The zero-order chi connectivity index (χ0) is 25.2. The third kappa shape index (κ3) is 4.15. The smallest absolute Gasteiger partial charge is 0.101 e. The molecule has 2 heteroatoms. The molecule has 0 unspecified atom stereocenters. The van der Waals surface area contributed by atoms with Crippen LogP contribution in [0.25, 0.3) is 0 Å². The minimum atomic E-state index is 0.0474. The van der Waals surface area contributed by atoms with Crippen LogP contribution in [0.4, 0.5) is 17.1 Å². The molecule has 0 bridgehead atoms. The second kappa shape index (κ2) is 8.31. The fraction of sp³-hybridized carbons (Fsp3) is 0.455. The van der Waals surface area contributed by atoms with Crippen LogP contribution < -0.4 is 4.90 Å². The summed E-state index contributed by atoms with van der Waals surface area (Å²) in [7, 11) is 0. The van der Waals surface area contributed by atoms with E-state index in [0.29, 0.717) is 0 Å². The highest BCUT2D eigenvalue weighted by Crippen LogP contribution is 2.52. The standard InChI is InChI=1S/C33H38ClN/c1-22-19-23(34)21-24(20-22)35(28-14-8-12-26-25(28)11-10-16-31(26,2)3)29-15-9-13-27-30(29)33(6,7)18-17-32(27,4)5/h8,12-14,19-21H,10-11,16-18H2,1-7H3. The van der Waals surface area contributed by atoms with E-state index in [1.54, 1.807) is 0 Å². The van der Waals surface area contributed by atoms with E-state index in [0.717, 1.165) is 34.8 Å². The Labute approximate surface area is 217 Å². The normalized spacial score (nSPS) is 19.3. The van der Waals surface area contributed by atoms with Crippen molar-refractivity contribution in [2.24, 2.45) is 0 Å². The predicted molar refractivity (Wildman–Crippen MR) is 150 cm³/mol. The zero-order valence-electron chi connectivity index (χ0n) is 22.4. The molecule has 182 valence electrons. The lowest BCUT2D eigenvalue weighted by atomic mass is 9.63. The summed E-state index contributed by atoms with van der Waals surface area (Å²) < 4.78 is 0. The Hall–Kier alpha value is -2.43. The lowest BCUT2D eigenvalue weighted by Gasteiger charge is -2.44. The van der Waals surface area contributed by atoms with Crippen LogP contribution in [0.3, 0.4) is 0 Å². The first-order valence-electron chi connectivity index (χ1n) is 13.1. The molecule has 3 aromatic carbocycles. The number of rotatable bonds is 3. The van der Waals surface area contributed by atoms with Gasteiger partial charge in [-0.1, -0.05) is 71.3 Å². The van der Waals surface area contributed by atoms with E-state index in [2.05, 4.69) is 102 Å². The van der Waals surface area contributed by atoms with Crippen LogP contribution in [0.15, 0.2) is 42.5 Å². The molecule has 3 aromatic rings. The fourth-order valence-corrected chi connectivity index (χ4v) is 6.75. The van der Waals surface area contributed by atoms with E-state index in [4.69, 9.17) is 11.6 Å². The molecule has 35 heavy (non-hydrogen) atoms. The molecule has 0 saturated heterocycles.